The van der Waals surface area contributed by atoms with E-state index in [0.29, 0.717) is 22.0 Å². The van der Waals surface area contributed by atoms with Crippen molar-refractivity contribution in [1.82, 2.24) is 4.98 Å². The standard InChI is InChI=1S/C17H12ClNO5/c1-22-17(21)15-10(6-7-23-15)9-24-16(20)12-8-14(18)19-13-5-3-2-4-11(12)13/h2-8H,9H2,1H3. The lowest BCUT2D eigenvalue weighted by atomic mass is 10.1. The van der Waals surface area contributed by atoms with Gasteiger partial charge in [-0.15, -0.1) is 0 Å². The van der Waals surface area contributed by atoms with Gasteiger partial charge in [0.1, 0.15) is 11.8 Å². The lowest BCUT2D eigenvalue weighted by molar-refractivity contribution is 0.0455. The van der Waals surface area contributed by atoms with Crippen molar-refractivity contribution in [2.24, 2.45) is 0 Å². The first kappa shape index (κ1) is 16.0. The summed E-state index contributed by atoms with van der Waals surface area (Å²) >= 11 is 5.96. The number of pyridine rings is 1. The molecular weight excluding hydrogens is 334 g/mol. The minimum absolute atomic E-state index is 0.00270. The number of aromatic nitrogens is 1. The summed E-state index contributed by atoms with van der Waals surface area (Å²) in [5, 5.41) is 0.825. The molecule has 122 valence electrons. The van der Waals surface area contributed by atoms with Crippen LogP contribution >= 0.6 is 11.6 Å². The van der Waals surface area contributed by atoms with Crippen LogP contribution in [-0.4, -0.2) is 24.0 Å². The van der Waals surface area contributed by atoms with Crippen LogP contribution < -0.4 is 0 Å². The summed E-state index contributed by atoms with van der Waals surface area (Å²) in [5.74, 6) is -1.21. The van der Waals surface area contributed by atoms with Crippen molar-refractivity contribution < 1.29 is 23.5 Å². The number of para-hydroxylation sites is 1. The highest BCUT2D eigenvalue weighted by Gasteiger charge is 2.19. The van der Waals surface area contributed by atoms with Crippen molar-refractivity contribution in [3.63, 3.8) is 0 Å². The van der Waals surface area contributed by atoms with Crippen molar-refractivity contribution in [1.29, 1.82) is 0 Å². The zero-order valence-electron chi connectivity index (χ0n) is 12.6. The van der Waals surface area contributed by atoms with Crippen molar-refractivity contribution in [3.05, 3.63) is 64.7 Å². The number of hydrogen-bond acceptors (Lipinski definition) is 6. The minimum Gasteiger partial charge on any atom is -0.463 e. The molecule has 0 bridgehead atoms. The average Bonchev–Trinajstić information content (AvgIpc) is 3.06. The Labute approximate surface area is 141 Å². The smallest absolute Gasteiger partial charge is 0.374 e. The summed E-state index contributed by atoms with van der Waals surface area (Å²) in [6.07, 6.45) is 1.33. The van der Waals surface area contributed by atoms with Crippen LogP contribution in [0, 0.1) is 0 Å². The first-order valence-electron chi connectivity index (χ1n) is 6.97. The summed E-state index contributed by atoms with van der Waals surface area (Å²) in [7, 11) is 1.24. The third-order valence-electron chi connectivity index (χ3n) is 3.38. The first-order valence-corrected chi connectivity index (χ1v) is 7.35. The summed E-state index contributed by atoms with van der Waals surface area (Å²) < 4.78 is 14.9. The molecule has 0 saturated carbocycles. The van der Waals surface area contributed by atoms with Gasteiger partial charge in [-0.05, 0) is 18.2 Å². The third-order valence-corrected chi connectivity index (χ3v) is 3.57. The number of carbonyl (C=O) groups excluding carboxylic acids is 2. The number of methoxy groups -OCH3 is 1. The molecule has 0 fully saturated rings. The molecule has 0 aliphatic rings. The number of benzene rings is 1. The lowest BCUT2D eigenvalue weighted by Gasteiger charge is -2.08. The number of fused-ring (bicyclic) bond motifs is 1. The van der Waals surface area contributed by atoms with Crippen LogP contribution in [0.2, 0.25) is 5.15 Å². The van der Waals surface area contributed by atoms with Crippen molar-refractivity contribution in [2.45, 2.75) is 6.61 Å². The molecule has 0 atom stereocenters. The van der Waals surface area contributed by atoms with Crippen LogP contribution in [-0.2, 0) is 16.1 Å². The highest BCUT2D eigenvalue weighted by Crippen LogP contribution is 2.22. The minimum atomic E-state index is -0.636. The van der Waals surface area contributed by atoms with Gasteiger partial charge in [-0.25, -0.2) is 14.6 Å². The van der Waals surface area contributed by atoms with Crippen molar-refractivity contribution in [3.8, 4) is 0 Å². The van der Waals surface area contributed by atoms with Gasteiger partial charge in [0.15, 0.2) is 0 Å². The van der Waals surface area contributed by atoms with Crippen LogP contribution in [0.15, 0.2) is 47.1 Å². The fourth-order valence-corrected chi connectivity index (χ4v) is 2.45. The van der Waals surface area contributed by atoms with E-state index in [2.05, 4.69) is 9.72 Å². The molecule has 0 aliphatic heterocycles. The van der Waals surface area contributed by atoms with E-state index in [0.717, 1.165) is 0 Å². The SMILES string of the molecule is COC(=O)c1occc1COC(=O)c1cc(Cl)nc2ccccc12. The van der Waals surface area contributed by atoms with E-state index in [1.165, 1.54) is 25.5 Å². The monoisotopic (exact) mass is 345 g/mol. The van der Waals surface area contributed by atoms with Gasteiger partial charge in [0, 0.05) is 10.9 Å². The molecule has 1 aromatic carbocycles. The number of hydrogen-bond donors (Lipinski definition) is 0. The Kier molecular flexibility index (Phi) is 4.48. The summed E-state index contributed by atoms with van der Waals surface area (Å²) in [6, 6.07) is 10.1. The second-order valence-corrected chi connectivity index (χ2v) is 5.24. The van der Waals surface area contributed by atoms with Gasteiger partial charge in [0.2, 0.25) is 5.76 Å². The van der Waals surface area contributed by atoms with E-state index < -0.39 is 11.9 Å². The largest absolute Gasteiger partial charge is 0.463 e. The van der Waals surface area contributed by atoms with Gasteiger partial charge >= 0.3 is 11.9 Å². The third kappa shape index (κ3) is 3.09. The van der Waals surface area contributed by atoms with Gasteiger partial charge in [0.25, 0.3) is 0 Å². The Morgan fingerprint density at radius 2 is 2.00 bits per heavy atom. The van der Waals surface area contributed by atoms with E-state index in [4.69, 9.17) is 20.8 Å². The Bertz CT molecular complexity index is 918. The highest BCUT2D eigenvalue weighted by atomic mass is 35.5. The van der Waals surface area contributed by atoms with Gasteiger partial charge < -0.3 is 13.9 Å². The van der Waals surface area contributed by atoms with Crippen molar-refractivity contribution in [2.75, 3.05) is 7.11 Å². The zero-order valence-corrected chi connectivity index (χ0v) is 13.4. The van der Waals surface area contributed by atoms with Gasteiger partial charge in [-0.3, -0.25) is 0 Å². The normalized spacial score (nSPS) is 10.6. The van der Waals surface area contributed by atoms with Crippen LogP contribution in [0.5, 0.6) is 0 Å². The Morgan fingerprint density at radius 3 is 2.79 bits per heavy atom. The van der Waals surface area contributed by atoms with E-state index in [9.17, 15) is 9.59 Å². The van der Waals surface area contributed by atoms with E-state index in [1.54, 1.807) is 24.3 Å². The molecular formula is C17H12ClNO5. The number of furan rings is 1. The summed E-state index contributed by atoms with van der Waals surface area (Å²) in [5.41, 5.74) is 1.31. The van der Waals surface area contributed by atoms with Crippen LogP contribution in [0.3, 0.4) is 0 Å². The van der Waals surface area contributed by atoms with Crippen LogP contribution in [0.25, 0.3) is 10.9 Å². The second-order valence-electron chi connectivity index (χ2n) is 4.85. The molecule has 0 amide bonds. The van der Waals surface area contributed by atoms with Gasteiger partial charge in [-0.2, -0.15) is 0 Å². The maximum absolute atomic E-state index is 12.4. The summed E-state index contributed by atoms with van der Waals surface area (Å²) in [6.45, 7) is -0.131. The first-order chi connectivity index (χ1) is 11.6. The topological polar surface area (TPSA) is 78.6 Å². The molecule has 3 rings (SSSR count). The Morgan fingerprint density at radius 1 is 1.21 bits per heavy atom. The molecule has 7 heteroatoms. The number of nitrogens with zero attached hydrogens (tertiary/aromatic N) is 1. The molecule has 6 nitrogen and oxygen atoms in total. The molecule has 2 aromatic heterocycles. The molecule has 2 heterocycles. The molecule has 0 unspecified atom stereocenters. The molecule has 0 N–H and O–H groups in total. The lowest BCUT2D eigenvalue weighted by Crippen LogP contribution is -2.09. The fourth-order valence-electron chi connectivity index (χ4n) is 2.25. The fraction of sp³-hybridized carbons (Fsp3) is 0.118. The van der Waals surface area contributed by atoms with Gasteiger partial charge in [-0.1, -0.05) is 29.8 Å². The molecule has 0 saturated heterocycles. The highest BCUT2D eigenvalue weighted by molar-refractivity contribution is 6.30. The Hall–Kier alpha value is -2.86. The predicted octanol–water partition coefficient (Wildman–Crippen LogP) is 3.62. The number of rotatable bonds is 4. The van der Waals surface area contributed by atoms with E-state index in [1.807, 2.05) is 0 Å². The van der Waals surface area contributed by atoms with E-state index >= 15 is 0 Å². The molecule has 3 aromatic rings. The van der Waals surface area contributed by atoms with Crippen LogP contribution in [0.4, 0.5) is 0 Å². The molecule has 0 radical (unpaired) electrons. The van der Waals surface area contributed by atoms with Crippen molar-refractivity contribution >= 4 is 34.4 Å². The number of esters is 2. The quantitative estimate of drug-likeness (QED) is 0.530. The van der Waals surface area contributed by atoms with Crippen LogP contribution in [0.1, 0.15) is 26.5 Å². The molecule has 24 heavy (non-hydrogen) atoms. The number of halogens is 1. The second kappa shape index (κ2) is 6.72. The predicted molar refractivity (Wildman–Crippen MR) is 85.9 cm³/mol. The average molecular weight is 346 g/mol. The molecule has 0 spiro atoms. The maximum atomic E-state index is 12.4. The number of carbonyl (C=O) groups is 2. The summed E-state index contributed by atoms with van der Waals surface area (Å²) in [4.78, 5) is 28.1. The zero-order chi connectivity index (χ0) is 17.1. The number of ether oxygens (including phenoxy) is 2. The van der Waals surface area contributed by atoms with E-state index in [-0.39, 0.29) is 17.5 Å². The maximum Gasteiger partial charge on any atom is 0.374 e. The Balaban J connectivity index is 1.84. The van der Waals surface area contributed by atoms with Gasteiger partial charge in [0.05, 0.1) is 24.5 Å². The molecule has 0 aliphatic carbocycles.